The van der Waals surface area contributed by atoms with E-state index in [4.69, 9.17) is 18.6 Å². The number of fused-ring (bicyclic) bond motifs is 3. The molecule has 3 aliphatic rings. The van der Waals surface area contributed by atoms with E-state index in [0.717, 1.165) is 5.76 Å². The van der Waals surface area contributed by atoms with Gasteiger partial charge >= 0.3 is 17.9 Å². The fraction of sp³-hybridized carbons (Fsp3) is 0.806. The minimum atomic E-state index is -2.36. The van der Waals surface area contributed by atoms with Crippen LogP contribution in [-0.4, -0.2) is 52.3 Å². The molecule has 0 spiro atoms. The van der Waals surface area contributed by atoms with Crippen LogP contribution >= 0.6 is 0 Å². The van der Waals surface area contributed by atoms with E-state index in [9.17, 15) is 19.2 Å². The van der Waals surface area contributed by atoms with Gasteiger partial charge in [-0.05, 0) is 73.6 Å². The number of hydrogen-bond acceptors (Lipinski definition) is 8. The SMILES string of the molecule is CCOC(=O)C1(C(=O)OCC)C[C@@H]2C(=O)CC[C@H]2[C@@H]2[C@@H](C(=O)OC)CC(O[Si](C(C)C)(C(C)C)C(C)C)=C[C@H]2C1. The molecule has 0 aliphatic heterocycles. The standard InChI is InChI=1S/C31H50O8Si/c1-10-37-29(34)31(30(35)38-11-2)16-21-14-22(39-40(18(3)4,19(5)6)20(7)8)15-24(28(33)36-9)27(21)23-12-13-26(32)25(23)17-31/h14,18-21,23-25,27H,10-13,15-17H2,1-9H3/t21-,23+,24-,25-,27+/m0/s1. The van der Waals surface area contributed by atoms with Crippen molar-refractivity contribution in [2.24, 2.45) is 35.0 Å². The Kier molecular flexibility index (Phi) is 10.3. The highest BCUT2D eigenvalue weighted by Crippen LogP contribution is 2.57. The third kappa shape index (κ3) is 5.64. The average Bonchev–Trinajstić information content (AvgIpc) is 3.16. The van der Waals surface area contributed by atoms with Crippen LogP contribution in [0.4, 0.5) is 0 Å². The van der Waals surface area contributed by atoms with E-state index < -0.39 is 37.5 Å². The van der Waals surface area contributed by atoms with Crippen molar-refractivity contribution >= 4 is 32.0 Å². The maximum atomic E-state index is 13.6. The predicted octanol–water partition coefficient (Wildman–Crippen LogP) is 5.99. The lowest BCUT2D eigenvalue weighted by Gasteiger charge is -2.46. The molecule has 0 saturated heterocycles. The average molecular weight is 579 g/mol. The van der Waals surface area contributed by atoms with Crippen LogP contribution in [0.15, 0.2) is 11.8 Å². The van der Waals surface area contributed by atoms with E-state index in [0.29, 0.717) is 35.9 Å². The van der Waals surface area contributed by atoms with Gasteiger partial charge in [0, 0.05) is 18.8 Å². The van der Waals surface area contributed by atoms with E-state index in [1.54, 1.807) is 13.8 Å². The zero-order chi connectivity index (χ0) is 30.0. The number of allylic oxidation sites excluding steroid dienone is 2. The molecule has 0 aromatic heterocycles. The first-order valence-electron chi connectivity index (χ1n) is 15.1. The molecule has 0 aromatic carbocycles. The first kappa shape index (κ1) is 32.4. The summed E-state index contributed by atoms with van der Waals surface area (Å²) in [4.78, 5) is 53.9. The lowest BCUT2D eigenvalue weighted by molar-refractivity contribution is -0.174. The van der Waals surface area contributed by atoms with Crippen LogP contribution in [0.2, 0.25) is 16.6 Å². The molecule has 3 rings (SSSR count). The van der Waals surface area contributed by atoms with Crippen molar-refractivity contribution in [2.45, 2.75) is 104 Å². The van der Waals surface area contributed by atoms with Crippen LogP contribution in [-0.2, 0) is 37.8 Å². The molecule has 0 bridgehead atoms. The van der Waals surface area contributed by atoms with Crippen molar-refractivity contribution in [2.75, 3.05) is 20.3 Å². The molecule has 0 amide bonds. The molecule has 8 nitrogen and oxygen atoms in total. The van der Waals surface area contributed by atoms with Gasteiger partial charge in [-0.2, -0.15) is 0 Å². The van der Waals surface area contributed by atoms with Gasteiger partial charge in [0.1, 0.15) is 5.78 Å². The van der Waals surface area contributed by atoms with Crippen molar-refractivity contribution in [1.82, 2.24) is 0 Å². The summed E-state index contributed by atoms with van der Waals surface area (Å²) in [5.41, 5.74) is -0.651. The number of methoxy groups -OCH3 is 1. The monoisotopic (exact) mass is 578 g/mol. The summed E-state index contributed by atoms with van der Waals surface area (Å²) >= 11 is 0. The van der Waals surface area contributed by atoms with Crippen molar-refractivity contribution < 1.29 is 37.8 Å². The summed E-state index contributed by atoms with van der Waals surface area (Å²) < 4.78 is 23.4. The van der Waals surface area contributed by atoms with Gasteiger partial charge in [-0.25, -0.2) is 0 Å². The van der Waals surface area contributed by atoms with Crippen molar-refractivity contribution in [1.29, 1.82) is 0 Å². The summed E-state index contributed by atoms with van der Waals surface area (Å²) in [6.45, 7) is 16.9. The van der Waals surface area contributed by atoms with Crippen LogP contribution in [0.1, 0.15) is 87.5 Å². The Bertz CT molecular complexity index is 960. The van der Waals surface area contributed by atoms with Gasteiger partial charge in [0.2, 0.25) is 0 Å². The maximum Gasteiger partial charge on any atom is 0.323 e. The highest BCUT2D eigenvalue weighted by atomic mass is 28.4. The summed E-state index contributed by atoms with van der Waals surface area (Å²) in [5.74, 6) is -2.70. The molecule has 0 heterocycles. The lowest BCUT2D eigenvalue weighted by atomic mass is 9.66. The number of Topliss-reactive ketones (excluding diaryl/α,β-unsaturated/α-hetero) is 1. The molecule has 0 aromatic rings. The zero-order valence-electron chi connectivity index (χ0n) is 25.9. The fourth-order valence-electron chi connectivity index (χ4n) is 8.40. The number of carbonyl (C=O) groups excluding carboxylic acids is 4. The van der Waals surface area contributed by atoms with E-state index in [2.05, 4.69) is 47.6 Å². The Morgan fingerprint density at radius 3 is 1.98 bits per heavy atom. The van der Waals surface area contributed by atoms with Gasteiger partial charge < -0.3 is 18.6 Å². The maximum absolute atomic E-state index is 13.6. The normalized spacial score (nSPS) is 27.9. The second-order valence-corrected chi connectivity index (χ2v) is 18.2. The molecule has 9 heteroatoms. The Morgan fingerprint density at radius 1 is 0.950 bits per heavy atom. The molecule has 0 unspecified atom stereocenters. The first-order valence-corrected chi connectivity index (χ1v) is 17.3. The van der Waals surface area contributed by atoms with Crippen molar-refractivity contribution in [3.05, 3.63) is 11.8 Å². The van der Waals surface area contributed by atoms with E-state index >= 15 is 0 Å². The number of ketones is 1. The minimum absolute atomic E-state index is 0.0316. The topological polar surface area (TPSA) is 105 Å². The van der Waals surface area contributed by atoms with Crippen molar-refractivity contribution in [3.63, 3.8) is 0 Å². The molecule has 2 saturated carbocycles. The third-order valence-corrected chi connectivity index (χ3v) is 16.0. The smallest absolute Gasteiger partial charge is 0.323 e. The van der Waals surface area contributed by atoms with Gasteiger partial charge in [0.05, 0.1) is 32.0 Å². The molecule has 2 fully saturated rings. The number of carbonyl (C=O) groups is 4. The third-order valence-electron chi connectivity index (χ3n) is 9.93. The highest BCUT2D eigenvalue weighted by molar-refractivity contribution is 6.77. The van der Waals surface area contributed by atoms with E-state index in [1.807, 2.05) is 0 Å². The van der Waals surface area contributed by atoms with E-state index in [1.165, 1.54) is 7.11 Å². The predicted molar refractivity (Wildman–Crippen MR) is 153 cm³/mol. The van der Waals surface area contributed by atoms with E-state index in [-0.39, 0.29) is 55.6 Å². The van der Waals surface area contributed by atoms with Crippen LogP contribution in [0.5, 0.6) is 0 Å². The first-order chi connectivity index (χ1) is 18.8. The lowest BCUT2D eigenvalue weighted by Crippen LogP contribution is -2.49. The van der Waals surface area contributed by atoms with Crippen LogP contribution < -0.4 is 0 Å². The molecular weight excluding hydrogens is 528 g/mol. The molecule has 5 atom stereocenters. The van der Waals surface area contributed by atoms with Gasteiger partial charge in [-0.3, -0.25) is 19.2 Å². The Balaban J connectivity index is 2.23. The fourth-order valence-corrected chi connectivity index (χ4v) is 13.7. The van der Waals surface area contributed by atoms with Gasteiger partial charge in [-0.1, -0.05) is 41.5 Å². The Hall–Kier alpha value is -2.16. The second kappa shape index (κ2) is 12.8. The number of rotatable bonds is 10. The summed E-state index contributed by atoms with van der Waals surface area (Å²) in [5, 5.41) is 0. The zero-order valence-corrected chi connectivity index (χ0v) is 26.9. The number of hydrogen-bond donors (Lipinski definition) is 0. The summed E-state index contributed by atoms with van der Waals surface area (Å²) in [6.07, 6.45) is 3.59. The molecule has 0 radical (unpaired) electrons. The Labute approximate surface area is 241 Å². The summed E-state index contributed by atoms with van der Waals surface area (Å²) in [7, 11) is -0.969. The van der Waals surface area contributed by atoms with Crippen LogP contribution in [0.25, 0.3) is 0 Å². The largest absolute Gasteiger partial charge is 0.546 e. The quantitative estimate of drug-likeness (QED) is 0.135. The molecule has 226 valence electrons. The molecular formula is C31H50O8Si. The Morgan fingerprint density at radius 2 is 1.50 bits per heavy atom. The van der Waals surface area contributed by atoms with Crippen LogP contribution in [0, 0.1) is 35.0 Å². The minimum Gasteiger partial charge on any atom is -0.546 e. The second-order valence-electron chi connectivity index (χ2n) is 12.8. The van der Waals surface area contributed by atoms with Gasteiger partial charge in [0.25, 0.3) is 8.32 Å². The number of ether oxygens (including phenoxy) is 3. The number of esters is 3. The molecule has 40 heavy (non-hydrogen) atoms. The molecule has 3 aliphatic carbocycles. The summed E-state index contributed by atoms with van der Waals surface area (Å²) in [6, 6.07) is 0. The highest BCUT2D eigenvalue weighted by Gasteiger charge is 2.61. The van der Waals surface area contributed by atoms with Crippen molar-refractivity contribution in [3.8, 4) is 0 Å². The molecule has 0 N–H and O–H groups in total. The van der Waals surface area contributed by atoms with Crippen LogP contribution in [0.3, 0.4) is 0 Å². The van der Waals surface area contributed by atoms with Gasteiger partial charge in [0.15, 0.2) is 5.41 Å². The van der Waals surface area contributed by atoms with Gasteiger partial charge in [-0.15, -0.1) is 0 Å².